The Morgan fingerprint density at radius 2 is 2.10 bits per heavy atom. The molecule has 0 saturated carbocycles. The standard InChI is InChI=1S/C13H13F3N2O3/c1-6(12(20)21)18-5-8-2-7(4-17)3-9(13(14,15)16)10(8)11(18)19/h2-3,6H,4-5,17H2,1H3,(H,20,21). The summed E-state index contributed by atoms with van der Waals surface area (Å²) in [6, 6.07) is 1.05. The number of fused-ring (bicyclic) bond motifs is 1. The Balaban J connectivity index is 2.56. The van der Waals surface area contributed by atoms with Gasteiger partial charge in [-0.3, -0.25) is 4.79 Å². The van der Waals surface area contributed by atoms with Crippen molar-refractivity contribution in [3.63, 3.8) is 0 Å². The molecule has 0 aliphatic carbocycles. The second-order valence-corrected chi connectivity index (χ2v) is 4.83. The van der Waals surface area contributed by atoms with Gasteiger partial charge in [-0.15, -0.1) is 0 Å². The van der Waals surface area contributed by atoms with Gasteiger partial charge in [0.2, 0.25) is 0 Å². The van der Waals surface area contributed by atoms with E-state index in [4.69, 9.17) is 10.8 Å². The Morgan fingerprint density at radius 3 is 2.57 bits per heavy atom. The van der Waals surface area contributed by atoms with E-state index in [-0.39, 0.29) is 24.2 Å². The fourth-order valence-electron chi connectivity index (χ4n) is 2.33. The van der Waals surface area contributed by atoms with Crippen LogP contribution in [0.25, 0.3) is 0 Å². The third kappa shape index (κ3) is 2.58. The van der Waals surface area contributed by atoms with Crippen LogP contribution in [0.4, 0.5) is 13.2 Å². The van der Waals surface area contributed by atoms with E-state index < -0.39 is 35.2 Å². The van der Waals surface area contributed by atoms with Crippen LogP contribution < -0.4 is 5.73 Å². The number of benzene rings is 1. The molecule has 0 aromatic heterocycles. The predicted molar refractivity (Wildman–Crippen MR) is 66.3 cm³/mol. The van der Waals surface area contributed by atoms with E-state index in [0.717, 1.165) is 11.0 Å². The lowest BCUT2D eigenvalue weighted by molar-refractivity contribution is -0.141. The zero-order valence-electron chi connectivity index (χ0n) is 11.1. The first-order valence-electron chi connectivity index (χ1n) is 6.13. The highest BCUT2D eigenvalue weighted by Gasteiger charge is 2.43. The fourth-order valence-corrected chi connectivity index (χ4v) is 2.33. The molecule has 1 heterocycles. The van der Waals surface area contributed by atoms with Crippen LogP contribution in [-0.2, 0) is 24.1 Å². The molecular weight excluding hydrogens is 289 g/mol. The maximum Gasteiger partial charge on any atom is 0.417 e. The molecule has 114 valence electrons. The number of aliphatic carboxylic acids is 1. The predicted octanol–water partition coefficient (Wildman–Crippen LogP) is 1.59. The maximum absolute atomic E-state index is 13.1. The number of rotatable bonds is 3. The third-order valence-electron chi connectivity index (χ3n) is 3.46. The van der Waals surface area contributed by atoms with Crippen LogP contribution in [-0.4, -0.2) is 27.9 Å². The Bertz CT molecular complexity index is 613. The number of hydrogen-bond acceptors (Lipinski definition) is 3. The Kier molecular flexibility index (Phi) is 3.66. The van der Waals surface area contributed by atoms with Gasteiger partial charge in [-0.1, -0.05) is 6.07 Å². The van der Waals surface area contributed by atoms with E-state index in [1.807, 2.05) is 0 Å². The van der Waals surface area contributed by atoms with Crippen LogP contribution in [0.2, 0.25) is 0 Å². The molecule has 3 N–H and O–H groups in total. The Morgan fingerprint density at radius 1 is 1.48 bits per heavy atom. The molecule has 1 aliphatic heterocycles. The van der Waals surface area contributed by atoms with Gasteiger partial charge in [-0.2, -0.15) is 13.2 Å². The molecule has 1 aliphatic rings. The van der Waals surface area contributed by atoms with Gasteiger partial charge in [0, 0.05) is 13.1 Å². The normalized spacial score (nSPS) is 16.0. The molecule has 0 spiro atoms. The van der Waals surface area contributed by atoms with Gasteiger partial charge >= 0.3 is 12.1 Å². The number of amides is 1. The van der Waals surface area contributed by atoms with Gasteiger partial charge in [0.15, 0.2) is 0 Å². The van der Waals surface area contributed by atoms with Crippen LogP contribution >= 0.6 is 0 Å². The monoisotopic (exact) mass is 302 g/mol. The number of carbonyl (C=O) groups excluding carboxylic acids is 1. The van der Waals surface area contributed by atoms with Gasteiger partial charge in [-0.05, 0) is 24.1 Å². The van der Waals surface area contributed by atoms with E-state index >= 15 is 0 Å². The van der Waals surface area contributed by atoms with Crippen molar-refractivity contribution < 1.29 is 27.9 Å². The lowest BCUT2D eigenvalue weighted by Crippen LogP contribution is -2.39. The molecule has 0 fully saturated rings. The summed E-state index contributed by atoms with van der Waals surface area (Å²) in [5, 5.41) is 8.93. The highest BCUT2D eigenvalue weighted by molar-refractivity contribution is 6.02. The highest BCUT2D eigenvalue weighted by atomic mass is 19.4. The van der Waals surface area contributed by atoms with E-state index in [2.05, 4.69) is 0 Å². The average Bonchev–Trinajstić information content (AvgIpc) is 2.72. The minimum atomic E-state index is -4.70. The molecule has 2 rings (SSSR count). The molecule has 0 bridgehead atoms. The first kappa shape index (κ1) is 15.3. The molecule has 0 saturated heterocycles. The van der Waals surface area contributed by atoms with Crippen LogP contribution in [0.15, 0.2) is 12.1 Å². The van der Waals surface area contributed by atoms with Crippen molar-refractivity contribution in [2.24, 2.45) is 5.73 Å². The average molecular weight is 302 g/mol. The molecule has 5 nitrogen and oxygen atoms in total. The topological polar surface area (TPSA) is 83.6 Å². The molecule has 1 aromatic rings. The van der Waals surface area contributed by atoms with Gasteiger partial charge in [-0.25, -0.2) is 4.79 Å². The molecule has 21 heavy (non-hydrogen) atoms. The second-order valence-electron chi connectivity index (χ2n) is 4.83. The van der Waals surface area contributed by atoms with Crippen LogP contribution in [0.5, 0.6) is 0 Å². The first-order valence-corrected chi connectivity index (χ1v) is 6.13. The molecule has 1 unspecified atom stereocenters. The van der Waals surface area contributed by atoms with Gasteiger partial charge in [0.25, 0.3) is 5.91 Å². The van der Waals surface area contributed by atoms with Crippen LogP contribution in [0, 0.1) is 0 Å². The summed E-state index contributed by atoms with van der Waals surface area (Å²) >= 11 is 0. The van der Waals surface area contributed by atoms with Crippen LogP contribution in [0.3, 0.4) is 0 Å². The number of carboxylic acids is 1. The number of carboxylic acid groups (broad SMARTS) is 1. The number of hydrogen-bond donors (Lipinski definition) is 2. The molecule has 1 atom stereocenters. The van der Waals surface area contributed by atoms with Gasteiger partial charge in [0.05, 0.1) is 11.1 Å². The SMILES string of the molecule is CC(C(=O)O)N1Cc2cc(CN)cc(C(F)(F)F)c2C1=O. The van der Waals surface area contributed by atoms with Crippen molar-refractivity contribution in [2.45, 2.75) is 32.2 Å². The van der Waals surface area contributed by atoms with Crippen molar-refractivity contribution in [3.8, 4) is 0 Å². The highest BCUT2D eigenvalue weighted by Crippen LogP contribution is 2.38. The van der Waals surface area contributed by atoms with Crippen molar-refractivity contribution in [1.29, 1.82) is 0 Å². The Labute approximate surface area is 118 Å². The molecule has 1 amide bonds. The summed E-state index contributed by atoms with van der Waals surface area (Å²) in [7, 11) is 0. The second kappa shape index (κ2) is 5.03. The minimum Gasteiger partial charge on any atom is -0.480 e. The fraction of sp³-hybridized carbons (Fsp3) is 0.385. The van der Waals surface area contributed by atoms with Gasteiger partial charge < -0.3 is 15.7 Å². The smallest absolute Gasteiger partial charge is 0.417 e. The van der Waals surface area contributed by atoms with E-state index in [9.17, 15) is 22.8 Å². The quantitative estimate of drug-likeness (QED) is 0.888. The first-order chi connectivity index (χ1) is 9.66. The number of nitrogens with zero attached hydrogens (tertiary/aromatic N) is 1. The van der Waals surface area contributed by atoms with Crippen molar-refractivity contribution >= 4 is 11.9 Å². The van der Waals surface area contributed by atoms with Gasteiger partial charge in [0.1, 0.15) is 6.04 Å². The summed E-state index contributed by atoms with van der Waals surface area (Å²) in [5.74, 6) is -2.19. The lowest BCUT2D eigenvalue weighted by atomic mass is 9.99. The number of nitrogens with two attached hydrogens (primary N) is 1. The zero-order valence-corrected chi connectivity index (χ0v) is 11.1. The van der Waals surface area contributed by atoms with E-state index in [1.54, 1.807) is 0 Å². The maximum atomic E-state index is 13.1. The molecule has 0 radical (unpaired) electrons. The number of alkyl halides is 3. The van der Waals surface area contributed by atoms with Crippen LogP contribution in [0.1, 0.15) is 34.0 Å². The number of halogens is 3. The largest absolute Gasteiger partial charge is 0.480 e. The molecule has 1 aromatic carbocycles. The molecular formula is C13H13F3N2O3. The Hall–Kier alpha value is -2.09. The summed E-state index contributed by atoms with van der Waals surface area (Å²) < 4.78 is 39.3. The summed E-state index contributed by atoms with van der Waals surface area (Å²) in [6.45, 7) is 0.987. The van der Waals surface area contributed by atoms with Crippen molar-refractivity contribution in [3.05, 3.63) is 34.4 Å². The summed E-state index contributed by atoms with van der Waals surface area (Å²) in [5.41, 5.74) is 4.23. The third-order valence-corrected chi connectivity index (χ3v) is 3.46. The number of carbonyl (C=O) groups is 2. The van der Waals surface area contributed by atoms with Crippen molar-refractivity contribution in [2.75, 3.05) is 0 Å². The minimum absolute atomic E-state index is 0.0982. The zero-order chi connectivity index (χ0) is 15.9. The lowest BCUT2D eigenvalue weighted by Gasteiger charge is -2.20. The summed E-state index contributed by atoms with van der Waals surface area (Å²) in [4.78, 5) is 24.0. The molecule has 8 heteroatoms. The van der Waals surface area contributed by atoms with Crippen molar-refractivity contribution in [1.82, 2.24) is 4.90 Å². The van der Waals surface area contributed by atoms with E-state index in [1.165, 1.54) is 13.0 Å². The van der Waals surface area contributed by atoms with E-state index in [0.29, 0.717) is 0 Å². The summed E-state index contributed by atoms with van der Waals surface area (Å²) in [6.07, 6.45) is -4.70.